The molecule has 0 atom stereocenters. The van der Waals surface area contributed by atoms with E-state index in [1.807, 2.05) is 99.6 Å². The van der Waals surface area contributed by atoms with Crippen molar-refractivity contribution in [1.82, 2.24) is 0 Å². The number of esters is 1. The lowest BCUT2D eigenvalue weighted by atomic mass is 9.97. The smallest absolute Gasteiger partial charge is 0.344 e. The first kappa shape index (κ1) is 17.7. The monoisotopic (exact) mass is 342 g/mol. The average molecular weight is 342 g/mol. The van der Waals surface area contributed by atoms with Crippen LogP contribution in [-0.4, -0.2) is 5.97 Å². The van der Waals surface area contributed by atoms with E-state index in [1.165, 1.54) is 0 Å². The van der Waals surface area contributed by atoms with Crippen LogP contribution < -0.4 is 4.74 Å². The van der Waals surface area contributed by atoms with E-state index in [2.05, 4.69) is 0 Å². The zero-order valence-electron chi connectivity index (χ0n) is 15.3. The minimum Gasteiger partial charge on any atom is -0.423 e. The SMILES string of the molecule is Cc1ccccc1C=C(C(=O)Oc1ccccc1C)c1ccccc1C. The molecule has 0 radical (unpaired) electrons. The van der Waals surface area contributed by atoms with E-state index < -0.39 is 0 Å². The summed E-state index contributed by atoms with van der Waals surface area (Å²) < 4.78 is 5.72. The lowest BCUT2D eigenvalue weighted by Gasteiger charge is -2.13. The van der Waals surface area contributed by atoms with Crippen LogP contribution in [0.4, 0.5) is 0 Å². The van der Waals surface area contributed by atoms with Crippen molar-refractivity contribution in [2.24, 2.45) is 0 Å². The molecule has 0 spiro atoms. The van der Waals surface area contributed by atoms with Crippen LogP contribution in [0.5, 0.6) is 5.75 Å². The molecule has 2 nitrogen and oxygen atoms in total. The summed E-state index contributed by atoms with van der Waals surface area (Å²) in [4.78, 5) is 13.0. The summed E-state index contributed by atoms with van der Waals surface area (Å²) in [5.74, 6) is 0.235. The third-order valence-electron chi connectivity index (χ3n) is 4.44. The number of carbonyl (C=O) groups excluding carboxylic acids is 1. The van der Waals surface area contributed by atoms with Gasteiger partial charge in [0.1, 0.15) is 5.75 Å². The molecule has 0 bridgehead atoms. The molecule has 0 unspecified atom stereocenters. The first-order chi connectivity index (χ1) is 12.6. The summed E-state index contributed by atoms with van der Waals surface area (Å²) in [5, 5.41) is 0. The summed E-state index contributed by atoms with van der Waals surface area (Å²) in [6.45, 7) is 5.97. The van der Waals surface area contributed by atoms with Crippen molar-refractivity contribution in [3.63, 3.8) is 0 Å². The maximum atomic E-state index is 13.0. The van der Waals surface area contributed by atoms with E-state index in [4.69, 9.17) is 4.74 Å². The van der Waals surface area contributed by atoms with Gasteiger partial charge in [0, 0.05) is 0 Å². The molecule has 0 heterocycles. The predicted octanol–water partition coefficient (Wildman–Crippen LogP) is 5.76. The molecule has 2 heteroatoms. The summed E-state index contributed by atoms with van der Waals surface area (Å²) in [6, 6.07) is 23.4. The highest BCUT2D eigenvalue weighted by Gasteiger charge is 2.17. The van der Waals surface area contributed by atoms with Crippen molar-refractivity contribution in [2.45, 2.75) is 20.8 Å². The van der Waals surface area contributed by atoms with Crippen molar-refractivity contribution in [3.8, 4) is 5.75 Å². The molecule has 0 fully saturated rings. The van der Waals surface area contributed by atoms with Crippen LogP contribution in [0.3, 0.4) is 0 Å². The van der Waals surface area contributed by atoms with Gasteiger partial charge in [-0.1, -0.05) is 66.7 Å². The Kier molecular flexibility index (Phi) is 5.33. The number of rotatable bonds is 4. The number of benzene rings is 3. The highest BCUT2D eigenvalue weighted by Crippen LogP contribution is 2.26. The molecule has 0 aliphatic carbocycles. The third kappa shape index (κ3) is 3.92. The lowest BCUT2D eigenvalue weighted by Crippen LogP contribution is -2.12. The molecular weight excluding hydrogens is 320 g/mol. The van der Waals surface area contributed by atoms with Crippen LogP contribution in [0.2, 0.25) is 0 Å². The molecule has 130 valence electrons. The summed E-state index contributed by atoms with van der Waals surface area (Å²) in [6.07, 6.45) is 1.91. The first-order valence-electron chi connectivity index (χ1n) is 8.67. The fourth-order valence-corrected chi connectivity index (χ4v) is 2.85. The Morgan fingerprint density at radius 2 is 1.31 bits per heavy atom. The number of hydrogen-bond donors (Lipinski definition) is 0. The Morgan fingerprint density at radius 1 is 0.731 bits per heavy atom. The van der Waals surface area contributed by atoms with Crippen molar-refractivity contribution in [1.29, 1.82) is 0 Å². The minimum atomic E-state index is -0.350. The molecule has 0 saturated carbocycles. The lowest BCUT2D eigenvalue weighted by molar-refractivity contribution is -0.127. The van der Waals surface area contributed by atoms with Crippen LogP contribution in [0.1, 0.15) is 27.8 Å². The van der Waals surface area contributed by atoms with Crippen molar-refractivity contribution < 1.29 is 9.53 Å². The van der Waals surface area contributed by atoms with Crippen molar-refractivity contribution >= 4 is 17.6 Å². The maximum absolute atomic E-state index is 13.0. The van der Waals surface area contributed by atoms with Gasteiger partial charge < -0.3 is 4.74 Å². The number of para-hydroxylation sites is 1. The van der Waals surface area contributed by atoms with Crippen LogP contribution in [0.15, 0.2) is 72.8 Å². The van der Waals surface area contributed by atoms with Gasteiger partial charge in [0.15, 0.2) is 0 Å². The summed E-state index contributed by atoms with van der Waals surface area (Å²) >= 11 is 0. The van der Waals surface area contributed by atoms with E-state index >= 15 is 0 Å². The Morgan fingerprint density at radius 3 is 1.96 bits per heavy atom. The van der Waals surface area contributed by atoms with Gasteiger partial charge in [-0.3, -0.25) is 0 Å². The topological polar surface area (TPSA) is 26.3 Å². The van der Waals surface area contributed by atoms with E-state index in [0.717, 1.165) is 27.8 Å². The Balaban J connectivity index is 2.06. The first-order valence-corrected chi connectivity index (χ1v) is 8.67. The van der Waals surface area contributed by atoms with Crippen LogP contribution in [0.25, 0.3) is 11.6 Å². The molecule has 3 aromatic carbocycles. The second-order valence-corrected chi connectivity index (χ2v) is 6.38. The van der Waals surface area contributed by atoms with Gasteiger partial charge in [0.2, 0.25) is 0 Å². The fraction of sp³-hybridized carbons (Fsp3) is 0.125. The second kappa shape index (κ2) is 7.83. The Labute approximate surface area is 154 Å². The van der Waals surface area contributed by atoms with Crippen LogP contribution in [-0.2, 0) is 4.79 Å². The van der Waals surface area contributed by atoms with E-state index in [-0.39, 0.29) is 5.97 Å². The molecule has 0 amide bonds. The zero-order valence-corrected chi connectivity index (χ0v) is 15.3. The maximum Gasteiger partial charge on any atom is 0.344 e. The van der Waals surface area contributed by atoms with Crippen molar-refractivity contribution in [2.75, 3.05) is 0 Å². The van der Waals surface area contributed by atoms with E-state index in [0.29, 0.717) is 11.3 Å². The van der Waals surface area contributed by atoms with Gasteiger partial charge in [-0.05, 0) is 60.7 Å². The third-order valence-corrected chi connectivity index (χ3v) is 4.44. The number of hydrogen-bond acceptors (Lipinski definition) is 2. The summed E-state index contributed by atoms with van der Waals surface area (Å²) in [5.41, 5.74) is 5.53. The molecule has 3 rings (SSSR count). The zero-order chi connectivity index (χ0) is 18.5. The second-order valence-electron chi connectivity index (χ2n) is 6.38. The van der Waals surface area contributed by atoms with Gasteiger partial charge in [0.25, 0.3) is 0 Å². The molecule has 0 aliphatic rings. The number of aryl methyl sites for hydroxylation is 3. The molecule has 0 aliphatic heterocycles. The minimum absolute atomic E-state index is 0.350. The van der Waals surface area contributed by atoms with Gasteiger partial charge in [-0.15, -0.1) is 0 Å². The van der Waals surface area contributed by atoms with Crippen LogP contribution >= 0.6 is 0 Å². The quantitative estimate of drug-likeness (QED) is 0.261. The standard InChI is InChI=1S/C24H22O2/c1-17-10-4-7-13-20(17)16-22(21-14-8-5-11-18(21)2)24(25)26-23-15-9-6-12-19(23)3/h4-16H,1-3H3. The number of ether oxygens (including phenoxy) is 1. The van der Waals surface area contributed by atoms with Gasteiger partial charge >= 0.3 is 5.97 Å². The largest absolute Gasteiger partial charge is 0.423 e. The molecular formula is C24H22O2. The van der Waals surface area contributed by atoms with Crippen molar-refractivity contribution in [3.05, 3.63) is 101 Å². The number of carbonyl (C=O) groups is 1. The highest BCUT2D eigenvalue weighted by molar-refractivity contribution is 6.22. The highest BCUT2D eigenvalue weighted by atomic mass is 16.5. The molecule has 26 heavy (non-hydrogen) atoms. The Hall–Kier alpha value is -3.13. The molecule has 0 aromatic heterocycles. The van der Waals surface area contributed by atoms with Gasteiger partial charge in [0.05, 0.1) is 5.57 Å². The van der Waals surface area contributed by atoms with Crippen LogP contribution in [0, 0.1) is 20.8 Å². The molecule has 3 aromatic rings. The molecule has 0 N–H and O–H groups in total. The summed E-state index contributed by atoms with van der Waals surface area (Å²) in [7, 11) is 0. The normalized spacial score (nSPS) is 11.3. The van der Waals surface area contributed by atoms with Gasteiger partial charge in [-0.2, -0.15) is 0 Å². The predicted molar refractivity (Wildman–Crippen MR) is 107 cm³/mol. The average Bonchev–Trinajstić information content (AvgIpc) is 2.64. The van der Waals surface area contributed by atoms with E-state index in [9.17, 15) is 4.79 Å². The fourth-order valence-electron chi connectivity index (χ4n) is 2.85. The van der Waals surface area contributed by atoms with E-state index in [1.54, 1.807) is 0 Å². The van der Waals surface area contributed by atoms with Gasteiger partial charge in [-0.25, -0.2) is 4.79 Å². The molecule has 0 saturated heterocycles. The Bertz CT molecular complexity index is 967.